The Morgan fingerprint density at radius 2 is 1.85 bits per heavy atom. The highest BCUT2D eigenvalue weighted by Gasteiger charge is 2.03. The van der Waals surface area contributed by atoms with Crippen molar-refractivity contribution >= 4 is 35.6 Å². The zero-order valence-corrected chi connectivity index (χ0v) is 18.0. The van der Waals surface area contributed by atoms with Crippen LogP contribution in [0.15, 0.2) is 59.7 Å². The Balaban J connectivity index is 0.00000261. The maximum atomic E-state index is 5.98. The fourth-order valence-corrected chi connectivity index (χ4v) is 2.50. The number of methoxy groups -OCH3 is 1. The first-order valence-electron chi connectivity index (χ1n) is 8.38. The van der Waals surface area contributed by atoms with Gasteiger partial charge in [-0.2, -0.15) is 5.10 Å². The van der Waals surface area contributed by atoms with Crippen molar-refractivity contribution in [3.8, 4) is 11.4 Å². The number of guanidine groups is 1. The van der Waals surface area contributed by atoms with E-state index in [0.29, 0.717) is 12.5 Å². The zero-order valence-electron chi connectivity index (χ0n) is 15.6. The Morgan fingerprint density at radius 1 is 1.11 bits per heavy atom. The highest BCUT2D eigenvalue weighted by molar-refractivity contribution is 14.0. The molecule has 0 unspecified atom stereocenters. The lowest BCUT2D eigenvalue weighted by atomic mass is 10.1. The minimum atomic E-state index is 0. The normalized spacial score (nSPS) is 11.0. The molecule has 0 aliphatic heterocycles. The van der Waals surface area contributed by atoms with E-state index < -0.39 is 0 Å². The summed E-state index contributed by atoms with van der Waals surface area (Å²) in [6, 6.07) is 15.7. The van der Waals surface area contributed by atoms with Crippen LogP contribution in [0.3, 0.4) is 0 Å². The summed E-state index contributed by atoms with van der Waals surface area (Å²) < 4.78 is 6.97. The van der Waals surface area contributed by atoms with Gasteiger partial charge in [-0.1, -0.05) is 6.07 Å². The number of ether oxygens (including phenoxy) is 1. The van der Waals surface area contributed by atoms with Gasteiger partial charge in [-0.15, -0.1) is 24.0 Å². The van der Waals surface area contributed by atoms with Gasteiger partial charge in [0.15, 0.2) is 5.96 Å². The first-order chi connectivity index (χ1) is 12.5. The summed E-state index contributed by atoms with van der Waals surface area (Å²) in [4.78, 5) is 4.36. The second kappa shape index (κ2) is 9.40. The van der Waals surface area contributed by atoms with Gasteiger partial charge in [0.25, 0.3) is 0 Å². The van der Waals surface area contributed by atoms with E-state index in [2.05, 4.69) is 41.4 Å². The molecule has 1 aromatic heterocycles. The first-order valence-corrected chi connectivity index (χ1v) is 8.38. The maximum absolute atomic E-state index is 5.98. The summed E-state index contributed by atoms with van der Waals surface area (Å²) in [5.74, 6) is 1.18. The Labute approximate surface area is 176 Å². The van der Waals surface area contributed by atoms with Crippen LogP contribution < -0.4 is 15.8 Å². The third-order valence-electron chi connectivity index (χ3n) is 4.17. The summed E-state index contributed by atoms with van der Waals surface area (Å²) in [5, 5.41) is 7.64. The number of rotatable bonds is 5. The predicted octanol–water partition coefficient (Wildman–Crippen LogP) is 4.04. The molecule has 0 saturated carbocycles. The summed E-state index contributed by atoms with van der Waals surface area (Å²) in [7, 11) is 1.65. The fourth-order valence-electron chi connectivity index (χ4n) is 2.50. The van der Waals surface area contributed by atoms with Gasteiger partial charge in [-0.3, -0.25) is 0 Å². The molecular weight excluding hydrogens is 453 g/mol. The Bertz CT molecular complexity index is 918. The van der Waals surface area contributed by atoms with Crippen LogP contribution in [0.2, 0.25) is 0 Å². The number of hydrogen-bond donors (Lipinski definition) is 2. The van der Waals surface area contributed by atoms with Crippen LogP contribution >= 0.6 is 24.0 Å². The molecule has 0 aliphatic rings. The van der Waals surface area contributed by atoms with Crippen LogP contribution in [-0.2, 0) is 6.54 Å². The maximum Gasteiger partial charge on any atom is 0.193 e. The van der Waals surface area contributed by atoms with Gasteiger partial charge in [-0.25, -0.2) is 9.67 Å². The van der Waals surface area contributed by atoms with Gasteiger partial charge < -0.3 is 15.8 Å². The second-order valence-corrected chi connectivity index (χ2v) is 6.08. The number of nitrogens with one attached hydrogen (secondary N) is 1. The molecule has 0 aliphatic carbocycles. The van der Waals surface area contributed by atoms with Crippen molar-refractivity contribution in [1.29, 1.82) is 0 Å². The average molecular weight is 477 g/mol. The van der Waals surface area contributed by atoms with Gasteiger partial charge in [0.2, 0.25) is 0 Å². The van der Waals surface area contributed by atoms with Crippen molar-refractivity contribution in [2.45, 2.75) is 20.4 Å². The van der Waals surface area contributed by atoms with Gasteiger partial charge in [0, 0.05) is 11.9 Å². The van der Waals surface area contributed by atoms with Crippen molar-refractivity contribution < 1.29 is 4.74 Å². The van der Waals surface area contributed by atoms with E-state index in [-0.39, 0.29) is 24.0 Å². The lowest BCUT2D eigenvalue weighted by Crippen LogP contribution is -2.22. The summed E-state index contributed by atoms with van der Waals surface area (Å²) >= 11 is 0. The highest BCUT2D eigenvalue weighted by Crippen LogP contribution is 2.15. The van der Waals surface area contributed by atoms with Crippen molar-refractivity contribution in [1.82, 2.24) is 9.78 Å². The Kier molecular flexibility index (Phi) is 7.23. The molecule has 0 fully saturated rings. The first kappa shape index (κ1) is 20.8. The average Bonchev–Trinajstić information content (AvgIpc) is 3.12. The largest absolute Gasteiger partial charge is 0.497 e. The number of aromatic nitrogens is 2. The van der Waals surface area contributed by atoms with E-state index in [9.17, 15) is 0 Å². The Morgan fingerprint density at radius 3 is 2.52 bits per heavy atom. The molecule has 3 aromatic rings. The van der Waals surface area contributed by atoms with Crippen LogP contribution in [0.5, 0.6) is 5.75 Å². The monoisotopic (exact) mass is 477 g/mol. The smallest absolute Gasteiger partial charge is 0.193 e. The van der Waals surface area contributed by atoms with Crippen molar-refractivity contribution in [2.24, 2.45) is 10.7 Å². The minimum absolute atomic E-state index is 0. The van der Waals surface area contributed by atoms with Gasteiger partial charge in [-0.05, 0) is 67.4 Å². The van der Waals surface area contributed by atoms with Crippen LogP contribution in [0, 0.1) is 13.8 Å². The van der Waals surface area contributed by atoms with E-state index in [1.807, 2.05) is 42.6 Å². The van der Waals surface area contributed by atoms with Crippen LogP contribution in [0.25, 0.3) is 5.69 Å². The van der Waals surface area contributed by atoms with Crippen molar-refractivity contribution in [2.75, 3.05) is 12.4 Å². The molecule has 1 heterocycles. The molecule has 3 N–H and O–H groups in total. The molecule has 0 spiro atoms. The van der Waals surface area contributed by atoms with E-state index in [1.54, 1.807) is 11.8 Å². The third kappa shape index (κ3) is 5.46. The standard InChI is InChI=1S/C20H23N5O.HI/c1-14-4-5-16(12-15(14)2)23-20(21)22-13-17-10-11-25(24-17)18-6-8-19(26-3)9-7-18;/h4-12H,13H2,1-3H3,(H3,21,22,23);1H. The van der Waals surface area contributed by atoms with Gasteiger partial charge in [0.1, 0.15) is 5.75 Å². The molecule has 7 heteroatoms. The predicted molar refractivity (Wildman–Crippen MR) is 120 cm³/mol. The molecular formula is C20H24IN5O. The number of hydrogen-bond acceptors (Lipinski definition) is 3. The second-order valence-electron chi connectivity index (χ2n) is 6.08. The zero-order chi connectivity index (χ0) is 18.5. The molecule has 0 saturated heterocycles. The van der Waals surface area contributed by atoms with E-state index in [0.717, 1.165) is 22.8 Å². The lowest BCUT2D eigenvalue weighted by Gasteiger charge is -2.07. The van der Waals surface area contributed by atoms with Gasteiger partial charge in [0.05, 0.1) is 25.0 Å². The van der Waals surface area contributed by atoms with Crippen LogP contribution in [0.4, 0.5) is 5.69 Å². The number of anilines is 1. The lowest BCUT2D eigenvalue weighted by molar-refractivity contribution is 0.414. The molecule has 2 aromatic carbocycles. The highest BCUT2D eigenvalue weighted by atomic mass is 127. The topological polar surface area (TPSA) is 77.5 Å². The van der Waals surface area contributed by atoms with E-state index >= 15 is 0 Å². The molecule has 0 atom stereocenters. The summed E-state index contributed by atoms with van der Waals surface area (Å²) in [6.45, 7) is 4.56. The molecule has 0 radical (unpaired) electrons. The van der Waals surface area contributed by atoms with Crippen LogP contribution in [0.1, 0.15) is 16.8 Å². The third-order valence-corrected chi connectivity index (χ3v) is 4.17. The van der Waals surface area contributed by atoms with Crippen LogP contribution in [-0.4, -0.2) is 22.8 Å². The number of nitrogens with two attached hydrogens (primary N) is 1. The molecule has 6 nitrogen and oxygen atoms in total. The number of aliphatic imine (C=N–C) groups is 1. The number of halogens is 1. The van der Waals surface area contributed by atoms with Gasteiger partial charge >= 0.3 is 0 Å². The number of aryl methyl sites for hydroxylation is 2. The minimum Gasteiger partial charge on any atom is -0.497 e. The quantitative estimate of drug-likeness (QED) is 0.331. The van der Waals surface area contributed by atoms with Crippen molar-refractivity contribution in [3.05, 3.63) is 71.5 Å². The molecule has 0 bridgehead atoms. The Hall–Kier alpha value is -2.55. The SMILES string of the molecule is COc1ccc(-n2ccc(CN=C(N)Nc3ccc(C)c(C)c3)n2)cc1.I. The molecule has 27 heavy (non-hydrogen) atoms. The van der Waals surface area contributed by atoms with E-state index in [1.165, 1.54) is 11.1 Å². The van der Waals surface area contributed by atoms with E-state index in [4.69, 9.17) is 10.5 Å². The summed E-state index contributed by atoms with van der Waals surface area (Å²) in [6.07, 6.45) is 1.90. The molecule has 142 valence electrons. The number of nitrogens with zero attached hydrogens (tertiary/aromatic N) is 3. The molecule has 3 rings (SSSR count). The fraction of sp³-hybridized carbons (Fsp3) is 0.200. The number of benzene rings is 2. The van der Waals surface area contributed by atoms with Crippen molar-refractivity contribution in [3.63, 3.8) is 0 Å². The molecule has 0 amide bonds. The summed E-state index contributed by atoms with van der Waals surface area (Å²) in [5.41, 5.74) is 11.2.